The van der Waals surface area contributed by atoms with Gasteiger partial charge in [0.1, 0.15) is 0 Å². The van der Waals surface area contributed by atoms with Crippen LogP contribution < -0.4 is 0 Å². The monoisotopic (exact) mass is 128 g/mol. The van der Waals surface area contributed by atoms with E-state index in [1.807, 2.05) is 0 Å². The Labute approximate surface area is 57.4 Å². The summed E-state index contributed by atoms with van der Waals surface area (Å²) in [7, 11) is 0. The van der Waals surface area contributed by atoms with Crippen molar-refractivity contribution in [1.29, 1.82) is 0 Å². The van der Waals surface area contributed by atoms with Crippen LogP contribution in [0.4, 0.5) is 0 Å². The Balaban J connectivity index is 2.28. The lowest BCUT2D eigenvalue weighted by atomic mass is 9.90. The van der Waals surface area contributed by atoms with Crippen LogP contribution in [0.2, 0.25) is 0 Å². The molecule has 0 aromatic rings. The molecular formula is C8H16O. The molecule has 1 heteroatoms. The topological polar surface area (TPSA) is 12.5 Å². The van der Waals surface area contributed by atoms with Crippen LogP contribution >= 0.6 is 0 Å². The van der Waals surface area contributed by atoms with Crippen molar-refractivity contribution in [2.75, 3.05) is 6.61 Å². The molecule has 0 aromatic heterocycles. The third-order valence-corrected chi connectivity index (χ3v) is 2.16. The van der Waals surface area contributed by atoms with Crippen molar-refractivity contribution in [3.8, 4) is 0 Å². The fourth-order valence-corrected chi connectivity index (χ4v) is 1.47. The van der Waals surface area contributed by atoms with Gasteiger partial charge in [0.2, 0.25) is 0 Å². The molecule has 0 N–H and O–H groups in total. The first-order chi connectivity index (χ1) is 4.25. The van der Waals surface area contributed by atoms with Gasteiger partial charge in [0.25, 0.3) is 0 Å². The Morgan fingerprint density at radius 2 is 2.11 bits per heavy atom. The van der Waals surface area contributed by atoms with E-state index in [0.717, 1.165) is 18.4 Å². The van der Waals surface area contributed by atoms with Gasteiger partial charge in [-0.25, -0.2) is 0 Å². The van der Waals surface area contributed by atoms with Crippen molar-refractivity contribution in [2.45, 2.75) is 33.3 Å². The third kappa shape index (κ3) is 1.68. The SMILES string of the molecule is CCC(C(C)C)C1CO1. The molecule has 2 unspecified atom stereocenters. The molecule has 1 aliphatic rings. The van der Waals surface area contributed by atoms with E-state index in [-0.39, 0.29) is 0 Å². The average Bonchev–Trinajstić information content (AvgIpc) is 2.50. The molecule has 0 aliphatic carbocycles. The normalized spacial score (nSPS) is 28.7. The Hall–Kier alpha value is -0.0400. The van der Waals surface area contributed by atoms with E-state index >= 15 is 0 Å². The zero-order valence-electron chi connectivity index (χ0n) is 6.55. The highest BCUT2D eigenvalue weighted by Gasteiger charge is 2.32. The molecule has 9 heavy (non-hydrogen) atoms. The van der Waals surface area contributed by atoms with E-state index < -0.39 is 0 Å². The molecule has 0 bridgehead atoms. The summed E-state index contributed by atoms with van der Waals surface area (Å²) >= 11 is 0. The smallest absolute Gasteiger partial charge is 0.0840 e. The fraction of sp³-hybridized carbons (Fsp3) is 1.00. The largest absolute Gasteiger partial charge is 0.373 e. The maximum absolute atomic E-state index is 5.22. The van der Waals surface area contributed by atoms with Crippen LogP contribution in [0, 0.1) is 11.8 Å². The van der Waals surface area contributed by atoms with E-state index in [4.69, 9.17) is 4.74 Å². The van der Waals surface area contributed by atoms with Crippen molar-refractivity contribution in [1.82, 2.24) is 0 Å². The van der Waals surface area contributed by atoms with E-state index in [1.165, 1.54) is 6.42 Å². The number of hydrogen-bond donors (Lipinski definition) is 0. The Morgan fingerprint density at radius 1 is 1.56 bits per heavy atom. The van der Waals surface area contributed by atoms with Crippen LogP contribution in [0.5, 0.6) is 0 Å². The molecule has 0 spiro atoms. The quantitative estimate of drug-likeness (QED) is 0.530. The predicted molar refractivity (Wildman–Crippen MR) is 38.4 cm³/mol. The first kappa shape index (κ1) is 7.07. The van der Waals surface area contributed by atoms with Gasteiger partial charge < -0.3 is 4.74 Å². The van der Waals surface area contributed by atoms with Gasteiger partial charge in [0.15, 0.2) is 0 Å². The Kier molecular flexibility index (Phi) is 2.12. The van der Waals surface area contributed by atoms with Gasteiger partial charge in [-0.1, -0.05) is 27.2 Å². The molecular weight excluding hydrogens is 112 g/mol. The zero-order chi connectivity index (χ0) is 6.85. The first-order valence-electron chi connectivity index (χ1n) is 3.87. The lowest BCUT2D eigenvalue weighted by molar-refractivity contribution is 0.265. The van der Waals surface area contributed by atoms with Crippen LogP contribution in [0.15, 0.2) is 0 Å². The molecule has 0 radical (unpaired) electrons. The van der Waals surface area contributed by atoms with Crippen molar-refractivity contribution < 1.29 is 4.74 Å². The van der Waals surface area contributed by atoms with Crippen LogP contribution in [0.1, 0.15) is 27.2 Å². The minimum Gasteiger partial charge on any atom is -0.373 e. The highest BCUT2D eigenvalue weighted by Crippen LogP contribution is 2.28. The summed E-state index contributed by atoms with van der Waals surface area (Å²) in [6.07, 6.45) is 1.87. The highest BCUT2D eigenvalue weighted by atomic mass is 16.6. The summed E-state index contributed by atoms with van der Waals surface area (Å²) < 4.78 is 5.22. The molecule has 54 valence electrons. The molecule has 1 nitrogen and oxygen atoms in total. The Morgan fingerprint density at radius 3 is 2.22 bits per heavy atom. The second kappa shape index (κ2) is 2.70. The number of ether oxygens (including phenoxy) is 1. The minimum atomic E-state index is 0.606. The van der Waals surface area contributed by atoms with Crippen LogP contribution in [0.25, 0.3) is 0 Å². The summed E-state index contributed by atoms with van der Waals surface area (Å²) in [5, 5.41) is 0. The predicted octanol–water partition coefficient (Wildman–Crippen LogP) is 2.07. The third-order valence-electron chi connectivity index (χ3n) is 2.16. The van der Waals surface area contributed by atoms with Crippen molar-refractivity contribution in [2.24, 2.45) is 11.8 Å². The molecule has 2 atom stereocenters. The maximum atomic E-state index is 5.22. The molecule has 0 amide bonds. The van der Waals surface area contributed by atoms with Gasteiger partial charge in [-0.3, -0.25) is 0 Å². The summed E-state index contributed by atoms with van der Waals surface area (Å²) in [6, 6.07) is 0. The standard InChI is InChI=1S/C8H16O/c1-4-7(6(2)3)8-5-9-8/h6-8H,4-5H2,1-3H3. The lowest BCUT2D eigenvalue weighted by Gasteiger charge is -2.15. The summed E-state index contributed by atoms with van der Waals surface area (Å²) in [5.74, 6) is 1.60. The summed E-state index contributed by atoms with van der Waals surface area (Å²) in [4.78, 5) is 0. The van der Waals surface area contributed by atoms with Gasteiger partial charge in [0.05, 0.1) is 12.7 Å². The number of rotatable bonds is 3. The van der Waals surface area contributed by atoms with Crippen LogP contribution in [-0.2, 0) is 4.74 Å². The van der Waals surface area contributed by atoms with E-state index in [0.29, 0.717) is 6.10 Å². The van der Waals surface area contributed by atoms with Crippen molar-refractivity contribution >= 4 is 0 Å². The van der Waals surface area contributed by atoms with Crippen LogP contribution in [-0.4, -0.2) is 12.7 Å². The first-order valence-corrected chi connectivity index (χ1v) is 3.87. The second-order valence-corrected chi connectivity index (χ2v) is 3.19. The zero-order valence-corrected chi connectivity index (χ0v) is 6.55. The van der Waals surface area contributed by atoms with Gasteiger partial charge >= 0.3 is 0 Å². The van der Waals surface area contributed by atoms with E-state index in [2.05, 4.69) is 20.8 Å². The lowest BCUT2D eigenvalue weighted by Crippen LogP contribution is -2.13. The molecule has 1 heterocycles. The van der Waals surface area contributed by atoms with Gasteiger partial charge in [0, 0.05) is 0 Å². The summed E-state index contributed by atoms with van der Waals surface area (Å²) in [6.45, 7) is 7.80. The van der Waals surface area contributed by atoms with Gasteiger partial charge in [-0.05, 0) is 11.8 Å². The molecule has 0 saturated carbocycles. The number of epoxide rings is 1. The van der Waals surface area contributed by atoms with Gasteiger partial charge in [-0.2, -0.15) is 0 Å². The van der Waals surface area contributed by atoms with Crippen molar-refractivity contribution in [3.63, 3.8) is 0 Å². The summed E-state index contributed by atoms with van der Waals surface area (Å²) in [5.41, 5.74) is 0. The highest BCUT2D eigenvalue weighted by molar-refractivity contribution is 4.79. The second-order valence-electron chi connectivity index (χ2n) is 3.19. The molecule has 1 saturated heterocycles. The van der Waals surface area contributed by atoms with E-state index in [1.54, 1.807) is 0 Å². The van der Waals surface area contributed by atoms with Crippen molar-refractivity contribution in [3.05, 3.63) is 0 Å². The fourth-order valence-electron chi connectivity index (χ4n) is 1.47. The maximum Gasteiger partial charge on any atom is 0.0840 e. The van der Waals surface area contributed by atoms with Gasteiger partial charge in [-0.15, -0.1) is 0 Å². The molecule has 1 rings (SSSR count). The number of hydrogen-bond acceptors (Lipinski definition) is 1. The Bertz CT molecular complexity index is 82.6. The van der Waals surface area contributed by atoms with E-state index in [9.17, 15) is 0 Å². The molecule has 1 aliphatic heterocycles. The van der Waals surface area contributed by atoms with Crippen LogP contribution in [0.3, 0.4) is 0 Å². The molecule has 1 fully saturated rings. The molecule has 0 aromatic carbocycles. The minimum absolute atomic E-state index is 0.606. The average molecular weight is 128 g/mol.